The van der Waals surface area contributed by atoms with E-state index < -0.39 is 0 Å². The number of benzene rings is 8. The Kier molecular flexibility index (Phi) is 5.35. The third-order valence-electron chi connectivity index (χ3n) is 10.8. The first-order chi connectivity index (χ1) is 25.3. The van der Waals surface area contributed by atoms with Gasteiger partial charge in [-0.25, -0.2) is 9.97 Å². The number of nitrogens with zero attached hydrogens (tertiary/aromatic N) is 4. The van der Waals surface area contributed by atoms with Crippen LogP contribution in [0.15, 0.2) is 158 Å². The molecule has 12 aromatic rings. The van der Waals surface area contributed by atoms with Gasteiger partial charge in [0.05, 0.1) is 32.3 Å². The van der Waals surface area contributed by atoms with E-state index in [1.54, 1.807) is 17.7 Å². The van der Waals surface area contributed by atoms with Crippen molar-refractivity contribution in [3.63, 3.8) is 0 Å². The molecule has 0 aliphatic heterocycles. The minimum absolute atomic E-state index is 0.995. The van der Waals surface area contributed by atoms with E-state index in [2.05, 4.69) is 160 Å². The van der Waals surface area contributed by atoms with Crippen LogP contribution in [0.3, 0.4) is 0 Å². The molecule has 0 unspecified atom stereocenters. The Labute approximate surface area is 295 Å². The monoisotopic (exact) mass is 666 g/mol. The summed E-state index contributed by atoms with van der Waals surface area (Å²) in [4.78, 5) is 9.46. The molecule has 4 aromatic heterocycles. The molecule has 5 heteroatoms. The summed E-state index contributed by atoms with van der Waals surface area (Å²) >= 11 is 1.80. The smallest absolute Gasteiger partial charge is 0.116 e. The molecule has 0 saturated carbocycles. The molecule has 0 aliphatic carbocycles. The number of aromatic nitrogens is 4. The first-order valence-electron chi connectivity index (χ1n) is 17.2. The Morgan fingerprint density at radius 3 is 1.65 bits per heavy atom. The lowest BCUT2D eigenvalue weighted by Gasteiger charge is -2.14. The van der Waals surface area contributed by atoms with Crippen LogP contribution in [-0.2, 0) is 0 Å². The SMILES string of the molecule is c1ccc(-n2c3ccccc3c3c4sc5cncnc5c4c4c(c5ccccc5n4-c4ccc5c6ccccc6c6ccccc6c5c4)c32)cc1. The lowest BCUT2D eigenvalue weighted by molar-refractivity contribution is 1.18. The van der Waals surface area contributed by atoms with Crippen LogP contribution in [0.2, 0.25) is 0 Å². The molecule has 8 aromatic carbocycles. The Balaban J connectivity index is 1.36. The fourth-order valence-electron chi connectivity index (χ4n) is 8.81. The van der Waals surface area contributed by atoms with Crippen molar-refractivity contribution >= 4 is 108 Å². The molecule has 236 valence electrons. The molecule has 0 spiro atoms. The minimum atomic E-state index is 0.995. The van der Waals surface area contributed by atoms with Gasteiger partial charge < -0.3 is 9.13 Å². The third kappa shape index (κ3) is 3.53. The molecule has 0 bridgehead atoms. The molecule has 0 radical (unpaired) electrons. The summed E-state index contributed by atoms with van der Waals surface area (Å²) in [5, 5.41) is 13.7. The molecule has 0 saturated heterocycles. The van der Waals surface area contributed by atoms with Crippen LogP contribution < -0.4 is 0 Å². The van der Waals surface area contributed by atoms with Gasteiger partial charge in [-0.05, 0) is 68.7 Å². The lowest BCUT2D eigenvalue weighted by atomic mass is 9.94. The maximum absolute atomic E-state index is 4.98. The molecular weight excluding hydrogens is 641 g/mol. The van der Waals surface area contributed by atoms with Crippen LogP contribution in [0.25, 0.3) is 108 Å². The van der Waals surface area contributed by atoms with E-state index >= 15 is 0 Å². The van der Waals surface area contributed by atoms with Crippen molar-refractivity contribution < 1.29 is 0 Å². The van der Waals surface area contributed by atoms with Gasteiger partial charge in [0.2, 0.25) is 0 Å². The summed E-state index contributed by atoms with van der Waals surface area (Å²) in [7, 11) is 0. The molecule has 0 aliphatic rings. The topological polar surface area (TPSA) is 35.6 Å². The lowest BCUT2D eigenvalue weighted by Crippen LogP contribution is -1.96. The molecule has 0 amide bonds. The fourth-order valence-corrected chi connectivity index (χ4v) is 10.0. The average Bonchev–Trinajstić information content (AvgIpc) is 3.86. The number of fused-ring (bicyclic) bond motifs is 18. The zero-order chi connectivity index (χ0) is 33.2. The molecule has 0 atom stereocenters. The number of rotatable bonds is 2. The van der Waals surface area contributed by atoms with Crippen LogP contribution in [-0.4, -0.2) is 19.1 Å². The zero-order valence-electron chi connectivity index (χ0n) is 27.2. The van der Waals surface area contributed by atoms with E-state index in [0.717, 1.165) is 21.6 Å². The van der Waals surface area contributed by atoms with Crippen LogP contribution in [0.1, 0.15) is 0 Å². The van der Waals surface area contributed by atoms with E-state index in [-0.39, 0.29) is 0 Å². The summed E-state index contributed by atoms with van der Waals surface area (Å²) in [5.74, 6) is 0. The number of hydrogen-bond acceptors (Lipinski definition) is 3. The van der Waals surface area contributed by atoms with E-state index in [0.29, 0.717) is 0 Å². The number of thiophene rings is 1. The van der Waals surface area contributed by atoms with Gasteiger partial charge in [0, 0.05) is 49.2 Å². The second-order valence-electron chi connectivity index (χ2n) is 13.4. The molecule has 4 nitrogen and oxygen atoms in total. The first-order valence-corrected chi connectivity index (χ1v) is 18.1. The van der Waals surface area contributed by atoms with Crippen molar-refractivity contribution in [2.75, 3.05) is 0 Å². The van der Waals surface area contributed by atoms with Crippen molar-refractivity contribution in [3.8, 4) is 11.4 Å². The van der Waals surface area contributed by atoms with E-state index in [1.165, 1.54) is 86.0 Å². The standard InChI is InChI=1S/C46H26N4S/c1-2-12-27(13-3-1)49-38-21-11-9-19-35(38)41-44(49)40-34-18-8-10-20-37(34)50(45(40)42-43-39(51-46(41)42)25-47-26-48-43)28-22-23-33-31-16-5-4-14-29(31)30-15-6-7-17-32(30)36(33)24-28/h1-26H. The van der Waals surface area contributed by atoms with Gasteiger partial charge >= 0.3 is 0 Å². The molecule has 51 heavy (non-hydrogen) atoms. The van der Waals surface area contributed by atoms with Gasteiger partial charge in [-0.2, -0.15) is 0 Å². The van der Waals surface area contributed by atoms with Crippen LogP contribution in [0.5, 0.6) is 0 Å². The quantitative estimate of drug-likeness (QED) is 0.172. The summed E-state index contributed by atoms with van der Waals surface area (Å²) in [6, 6.07) is 53.2. The highest BCUT2D eigenvalue weighted by molar-refractivity contribution is 7.27. The number of hydrogen-bond donors (Lipinski definition) is 0. The van der Waals surface area contributed by atoms with E-state index in [1.807, 2.05) is 6.20 Å². The van der Waals surface area contributed by atoms with Gasteiger partial charge in [-0.15, -0.1) is 11.3 Å². The van der Waals surface area contributed by atoms with Crippen molar-refractivity contribution in [2.24, 2.45) is 0 Å². The van der Waals surface area contributed by atoms with Crippen LogP contribution >= 0.6 is 11.3 Å². The highest BCUT2D eigenvalue weighted by atomic mass is 32.1. The Bertz CT molecular complexity index is 3390. The summed E-state index contributed by atoms with van der Waals surface area (Å²) in [5.41, 5.74) is 8.03. The second kappa shape index (κ2) is 10.0. The van der Waals surface area contributed by atoms with Crippen molar-refractivity contribution in [2.45, 2.75) is 0 Å². The van der Waals surface area contributed by atoms with Crippen LogP contribution in [0.4, 0.5) is 0 Å². The Hall–Kier alpha value is -6.56. The second-order valence-corrected chi connectivity index (χ2v) is 14.4. The predicted octanol–water partition coefficient (Wildman–Crippen LogP) is 12.5. The Morgan fingerprint density at radius 2 is 0.961 bits per heavy atom. The third-order valence-corrected chi connectivity index (χ3v) is 11.9. The van der Waals surface area contributed by atoms with Gasteiger partial charge in [0.15, 0.2) is 0 Å². The Morgan fingerprint density at radius 1 is 0.431 bits per heavy atom. The average molecular weight is 667 g/mol. The summed E-state index contributed by atoms with van der Waals surface area (Å²) in [6.07, 6.45) is 3.67. The maximum Gasteiger partial charge on any atom is 0.116 e. The van der Waals surface area contributed by atoms with Crippen LogP contribution in [0, 0.1) is 0 Å². The van der Waals surface area contributed by atoms with Gasteiger partial charge in [0.1, 0.15) is 6.33 Å². The van der Waals surface area contributed by atoms with Crippen molar-refractivity contribution in [1.82, 2.24) is 19.1 Å². The first kappa shape index (κ1) is 27.3. The van der Waals surface area contributed by atoms with Gasteiger partial charge in [-0.3, -0.25) is 0 Å². The number of para-hydroxylation sites is 3. The zero-order valence-corrected chi connectivity index (χ0v) is 28.0. The largest absolute Gasteiger partial charge is 0.308 e. The fraction of sp³-hybridized carbons (Fsp3) is 0. The summed E-state index contributed by atoms with van der Waals surface area (Å²) < 4.78 is 7.29. The normalized spacial score (nSPS) is 12.3. The minimum Gasteiger partial charge on any atom is -0.308 e. The molecular formula is C46H26N4S. The highest BCUT2D eigenvalue weighted by Crippen LogP contribution is 2.51. The summed E-state index contributed by atoms with van der Waals surface area (Å²) in [6.45, 7) is 0. The predicted molar refractivity (Wildman–Crippen MR) is 216 cm³/mol. The highest BCUT2D eigenvalue weighted by Gasteiger charge is 2.27. The van der Waals surface area contributed by atoms with Gasteiger partial charge in [0.25, 0.3) is 0 Å². The van der Waals surface area contributed by atoms with Crippen molar-refractivity contribution in [3.05, 3.63) is 158 Å². The van der Waals surface area contributed by atoms with E-state index in [4.69, 9.17) is 4.98 Å². The maximum atomic E-state index is 4.98. The molecule has 4 heterocycles. The molecule has 12 rings (SSSR count). The van der Waals surface area contributed by atoms with Gasteiger partial charge in [-0.1, -0.05) is 109 Å². The van der Waals surface area contributed by atoms with Crippen molar-refractivity contribution in [1.29, 1.82) is 0 Å². The van der Waals surface area contributed by atoms with E-state index in [9.17, 15) is 0 Å². The molecule has 0 N–H and O–H groups in total. The molecule has 0 fully saturated rings.